The van der Waals surface area contributed by atoms with Crippen LogP contribution in [0, 0.1) is 0 Å². The third kappa shape index (κ3) is 1.95. The van der Waals surface area contributed by atoms with E-state index in [0.29, 0.717) is 5.25 Å². The summed E-state index contributed by atoms with van der Waals surface area (Å²) >= 11 is 2.10. The predicted octanol–water partition coefficient (Wildman–Crippen LogP) is 5.40. The number of hydrogen-bond donors (Lipinski definition) is 1. The SMILES string of the molecule is c1ccc(-c2[nH]c3ccccc3c2C2CCCS2)cc1. The van der Waals surface area contributed by atoms with Gasteiger partial charge in [0.15, 0.2) is 0 Å². The fourth-order valence-corrected chi connectivity index (χ4v) is 4.50. The van der Waals surface area contributed by atoms with E-state index in [1.54, 1.807) is 0 Å². The second kappa shape index (κ2) is 5.02. The zero-order valence-corrected chi connectivity index (χ0v) is 12.1. The van der Waals surface area contributed by atoms with E-state index in [4.69, 9.17) is 0 Å². The molecule has 20 heavy (non-hydrogen) atoms. The quantitative estimate of drug-likeness (QED) is 0.663. The van der Waals surface area contributed by atoms with Gasteiger partial charge in [-0.15, -0.1) is 0 Å². The van der Waals surface area contributed by atoms with Crippen LogP contribution in [-0.2, 0) is 0 Å². The molecular weight excluding hydrogens is 262 g/mol. The summed E-state index contributed by atoms with van der Waals surface area (Å²) < 4.78 is 0. The summed E-state index contributed by atoms with van der Waals surface area (Å²) in [6, 6.07) is 19.4. The highest BCUT2D eigenvalue weighted by atomic mass is 32.2. The Hall–Kier alpha value is -1.67. The predicted molar refractivity (Wildman–Crippen MR) is 88.2 cm³/mol. The third-order valence-electron chi connectivity index (χ3n) is 4.06. The van der Waals surface area contributed by atoms with Crippen LogP contribution < -0.4 is 0 Å². The van der Waals surface area contributed by atoms with E-state index >= 15 is 0 Å². The Morgan fingerprint density at radius 2 is 1.75 bits per heavy atom. The van der Waals surface area contributed by atoms with Gasteiger partial charge in [-0.3, -0.25) is 0 Å². The van der Waals surface area contributed by atoms with Gasteiger partial charge < -0.3 is 4.98 Å². The molecule has 1 aliphatic heterocycles. The summed E-state index contributed by atoms with van der Waals surface area (Å²) in [6.07, 6.45) is 2.63. The van der Waals surface area contributed by atoms with E-state index in [9.17, 15) is 0 Å². The molecule has 0 bridgehead atoms. The number of para-hydroxylation sites is 1. The van der Waals surface area contributed by atoms with Crippen molar-refractivity contribution in [2.24, 2.45) is 0 Å². The lowest BCUT2D eigenvalue weighted by Crippen LogP contribution is -1.91. The largest absolute Gasteiger partial charge is 0.354 e. The van der Waals surface area contributed by atoms with Gasteiger partial charge in [-0.05, 0) is 35.8 Å². The zero-order chi connectivity index (χ0) is 13.4. The molecule has 2 aromatic carbocycles. The molecule has 1 nitrogen and oxygen atoms in total. The number of nitrogens with one attached hydrogen (secondary N) is 1. The molecule has 1 atom stereocenters. The van der Waals surface area contributed by atoms with Crippen LogP contribution in [0.3, 0.4) is 0 Å². The van der Waals surface area contributed by atoms with Gasteiger partial charge in [-0.1, -0.05) is 48.5 Å². The maximum atomic E-state index is 3.64. The Labute approximate surface area is 123 Å². The first-order chi connectivity index (χ1) is 9.93. The van der Waals surface area contributed by atoms with Crippen molar-refractivity contribution in [2.75, 3.05) is 5.75 Å². The molecule has 0 saturated carbocycles. The molecule has 2 heterocycles. The number of thioether (sulfide) groups is 1. The molecular formula is C18H17NS. The summed E-state index contributed by atoms with van der Waals surface area (Å²) in [5, 5.41) is 2.03. The van der Waals surface area contributed by atoms with Crippen LogP contribution in [0.5, 0.6) is 0 Å². The van der Waals surface area contributed by atoms with Crippen molar-refractivity contribution in [3.63, 3.8) is 0 Å². The fraction of sp³-hybridized carbons (Fsp3) is 0.222. The Kier molecular flexibility index (Phi) is 3.04. The van der Waals surface area contributed by atoms with Gasteiger partial charge in [0.05, 0.1) is 5.69 Å². The second-order valence-electron chi connectivity index (χ2n) is 5.33. The van der Waals surface area contributed by atoms with Gasteiger partial charge in [0.1, 0.15) is 0 Å². The lowest BCUT2D eigenvalue weighted by atomic mass is 10.0. The van der Waals surface area contributed by atoms with E-state index in [1.165, 1.54) is 46.3 Å². The molecule has 100 valence electrons. The third-order valence-corrected chi connectivity index (χ3v) is 5.46. The average Bonchev–Trinajstić information content (AvgIpc) is 3.14. The summed E-state index contributed by atoms with van der Waals surface area (Å²) in [5.41, 5.74) is 5.38. The van der Waals surface area contributed by atoms with Crippen molar-refractivity contribution in [1.29, 1.82) is 0 Å². The maximum Gasteiger partial charge on any atom is 0.0508 e. The van der Waals surface area contributed by atoms with Crippen molar-refractivity contribution in [2.45, 2.75) is 18.1 Å². The minimum Gasteiger partial charge on any atom is -0.354 e. The Morgan fingerprint density at radius 3 is 2.55 bits per heavy atom. The van der Waals surface area contributed by atoms with Crippen LogP contribution in [0.1, 0.15) is 23.7 Å². The molecule has 1 saturated heterocycles. The summed E-state index contributed by atoms with van der Waals surface area (Å²) in [7, 11) is 0. The first kappa shape index (κ1) is 12.1. The normalized spacial score (nSPS) is 18.7. The van der Waals surface area contributed by atoms with Crippen molar-refractivity contribution in [3.05, 3.63) is 60.2 Å². The topological polar surface area (TPSA) is 15.8 Å². The van der Waals surface area contributed by atoms with Crippen molar-refractivity contribution < 1.29 is 0 Å². The van der Waals surface area contributed by atoms with Gasteiger partial charge in [-0.2, -0.15) is 11.8 Å². The van der Waals surface area contributed by atoms with Crippen LogP contribution in [0.25, 0.3) is 22.2 Å². The van der Waals surface area contributed by atoms with Crippen molar-refractivity contribution in [1.82, 2.24) is 4.98 Å². The fourth-order valence-electron chi connectivity index (χ4n) is 3.14. The lowest BCUT2D eigenvalue weighted by molar-refractivity contribution is 0.835. The van der Waals surface area contributed by atoms with Gasteiger partial charge in [0, 0.05) is 16.2 Å². The summed E-state index contributed by atoms with van der Waals surface area (Å²) in [6.45, 7) is 0. The van der Waals surface area contributed by atoms with Crippen molar-refractivity contribution >= 4 is 22.7 Å². The minimum absolute atomic E-state index is 0.640. The van der Waals surface area contributed by atoms with E-state index in [2.05, 4.69) is 71.3 Å². The number of hydrogen-bond acceptors (Lipinski definition) is 1. The smallest absolute Gasteiger partial charge is 0.0508 e. The standard InChI is InChI=1S/C18H17NS/c1-2-7-13(8-3-1)18-17(16-11-6-12-20-16)14-9-4-5-10-15(14)19-18/h1-5,7-10,16,19H,6,11-12H2. The molecule has 1 fully saturated rings. The molecule has 0 amide bonds. The van der Waals surface area contributed by atoms with Gasteiger partial charge in [-0.25, -0.2) is 0 Å². The summed E-state index contributed by atoms with van der Waals surface area (Å²) in [5.74, 6) is 1.29. The first-order valence-corrected chi connectivity index (χ1v) is 8.26. The molecule has 4 rings (SSSR count). The molecule has 1 N–H and O–H groups in total. The van der Waals surface area contributed by atoms with E-state index < -0.39 is 0 Å². The number of aromatic amines is 1. The van der Waals surface area contributed by atoms with E-state index in [0.717, 1.165) is 0 Å². The molecule has 0 radical (unpaired) electrons. The van der Waals surface area contributed by atoms with E-state index in [1.807, 2.05) is 0 Å². The number of benzene rings is 2. The molecule has 0 aliphatic carbocycles. The molecule has 1 unspecified atom stereocenters. The van der Waals surface area contributed by atoms with Crippen LogP contribution in [0.15, 0.2) is 54.6 Å². The van der Waals surface area contributed by atoms with Crippen LogP contribution in [0.4, 0.5) is 0 Å². The Morgan fingerprint density at radius 1 is 0.950 bits per heavy atom. The van der Waals surface area contributed by atoms with Crippen molar-refractivity contribution in [3.8, 4) is 11.3 Å². The highest BCUT2D eigenvalue weighted by Crippen LogP contribution is 2.46. The molecule has 1 aromatic heterocycles. The number of aromatic nitrogens is 1. The molecule has 3 aromatic rings. The molecule has 0 spiro atoms. The second-order valence-corrected chi connectivity index (χ2v) is 6.64. The van der Waals surface area contributed by atoms with Crippen LogP contribution >= 0.6 is 11.8 Å². The highest BCUT2D eigenvalue weighted by Gasteiger charge is 2.24. The highest BCUT2D eigenvalue weighted by molar-refractivity contribution is 7.99. The van der Waals surface area contributed by atoms with E-state index in [-0.39, 0.29) is 0 Å². The molecule has 2 heteroatoms. The van der Waals surface area contributed by atoms with Crippen LogP contribution in [0.2, 0.25) is 0 Å². The maximum absolute atomic E-state index is 3.64. The zero-order valence-electron chi connectivity index (χ0n) is 11.3. The van der Waals surface area contributed by atoms with Crippen LogP contribution in [-0.4, -0.2) is 10.7 Å². The number of fused-ring (bicyclic) bond motifs is 1. The van der Waals surface area contributed by atoms with Gasteiger partial charge in [0.2, 0.25) is 0 Å². The van der Waals surface area contributed by atoms with Gasteiger partial charge in [0.25, 0.3) is 0 Å². The Balaban J connectivity index is 1.97. The monoisotopic (exact) mass is 279 g/mol. The lowest BCUT2D eigenvalue weighted by Gasteiger charge is -2.11. The summed E-state index contributed by atoms with van der Waals surface area (Å²) in [4.78, 5) is 3.64. The molecule has 1 aliphatic rings. The number of H-pyrrole nitrogens is 1. The van der Waals surface area contributed by atoms with Gasteiger partial charge >= 0.3 is 0 Å². The first-order valence-electron chi connectivity index (χ1n) is 7.21. The Bertz CT molecular complexity index is 724. The number of rotatable bonds is 2. The average molecular weight is 279 g/mol. The minimum atomic E-state index is 0.640.